The number of aliphatic hydroxyl groups excluding tert-OH is 1. The molecule has 0 aliphatic heterocycles. The molecule has 0 saturated carbocycles. The predicted molar refractivity (Wildman–Crippen MR) is 106 cm³/mol. The first kappa shape index (κ1) is 18.6. The molecule has 27 heavy (non-hydrogen) atoms. The van der Waals surface area contributed by atoms with Gasteiger partial charge in [-0.05, 0) is 23.6 Å². The van der Waals surface area contributed by atoms with Crippen LogP contribution in [-0.2, 0) is 6.42 Å². The summed E-state index contributed by atoms with van der Waals surface area (Å²) in [6.07, 6.45) is 0.698. The zero-order valence-electron chi connectivity index (χ0n) is 14.9. The molecule has 137 valence electrons. The molecule has 0 fully saturated rings. The number of nitro benzene ring substituents is 1. The number of rotatable bonds is 8. The van der Waals surface area contributed by atoms with Crippen molar-refractivity contribution in [3.05, 3.63) is 106 Å². The number of anilines is 1. The Balaban J connectivity index is 1.83. The van der Waals surface area contributed by atoms with Gasteiger partial charge in [0.15, 0.2) is 0 Å². The lowest BCUT2D eigenvalue weighted by molar-refractivity contribution is -0.384. The topological polar surface area (TPSA) is 66.6 Å². The van der Waals surface area contributed by atoms with Gasteiger partial charge in [0.25, 0.3) is 5.69 Å². The molecular weight excluding hydrogens is 340 g/mol. The van der Waals surface area contributed by atoms with Crippen LogP contribution in [0.25, 0.3) is 0 Å². The fourth-order valence-corrected chi connectivity index (χ4v) is 3.10. The van der Waals surface area contributed by atoms with E-state index in [1.807, 2.05) is 54.6 Å². The van der Waals surface area contributed by atoms with Gasteiger partial charge in [-0.3, -0.25) is 10.1 Å². The second-order valence-electron chi connectivity index (χ2n) is 6.22. The minimum Gasteiger partial charge on any atom is -0.394 e. The van der Waals surface area contributed by atoms with E-state index in [0.29, 0.717) is 13.0 Å². The van der Waals surface area contributed by atoms with E-state index in [4.69, 9.17) is 0 Å². The SMILES string of the molecule is O=[N+]([O-])c1ccc(CCN(c2[c]cccc2)C(CO)c2ccccc2)cc1. The first-order chi connectivity index (χ1) is 13.2. The molecule has 0 aliphatic carbocycles. The Labute approximate surface area is 158 Å². The van der Waals surface area contributed by atoms with Crippen LogP contribution in [-0.4, -0.2) is 23.2 Å². The molecular formula is C22H21N2O3. The summed E-state index contributed by atoms with van der Waals surface area (Å²) in [5.74, 6) is 0. The normalized spacial score (nSPS) is 11.7. The van der Waals surface area contributed by atoms with Crippen LogP contribution in [0.1, 0.15) is 17.2 Å². The maximum atomic E-state index is 10.8. The van der Waals surface area contributed by atoms with Gasteiger partial charge in [-0.2, -0.15) is 0 Å². The van der Waals surface area contributed by atoms with Gasteiger partial charge in [-0.1, -0.05) is 60.7 Å². The molecule has 0 spiro atoms. The Morgan fingerprint density at radius 2 is 1.70 bits per heavy atom. The molecule has 1 unspecified atom stereocenters. The monoisotopic (exact) mass is 361 g/mol. The second-order valence-corrected chi connectivity index (χ2v) is 6.22. The fraction of sp³-hybridized carbons (Fsp3) is 0.182. The molecule has 3 aromatic rings. The highest BCUT2D eigenvalue weighted by molar-refractivity contribution is 5.48. The first-order valence-corrected chi connectivity index (χ1v) is 8.81. The Morgan fingerprint density at radius 1 is 1.00 bits per heavy atom. The number of aliphatic hydroxyl groups is 1. The van der Waals surface area contributed by atoms with Gasteiger partial charge >= 0.3 is 0 Å². The molecule has 0 aromatic heterocycles. The summed E-state index contributed by atoms with van der Waals surface area (Å²) in [6, 6.07) is 27.2. The van der Waals surface area contributed by atoms with Crippen LogP contribution in [0.15, 0.2) is 78.9 Å². The van der Waals surface area contributed by atoms with Gasteiger partial charge < -0.3 is 10.0 Å². The smallest absolute Gasteiger partial charge is 0.269 e. The summed E-state index contributed by atoms with van der Waals surface area (Å²) in [7, 11) is 0. The van der Waals surface area contributed by atoms with Crippen molar-refractivity contribution in [1.29, 1.82) is 0 Å². The third kappa shape index (κ3) is 4.71. The maximum Gasteiger partial charge on any atom is 0.269 e. The highest BCUT2D eigenvalue weighted by Crippen LogP contribution is 2.27. The molecule has 0 heterocycles. The third-order valence-corrected chi connectivity index (χ3v) is 4.52. The zero-order valence-corrected chi connectivity index (χ0v) is 14.9. The van der Waals surface area contributed by atoms with E-state index >= 15 is 0 Å². The summed E-state index contributed by atoms with van der Waals surface area (Å²) in [5.41, 5.74) is 3.03. The highest BCUT2D eigenvalue weighted by atomic mass is 16.6. The first-order valence-electron chi connectivity index (χ1n) is 8.81. The Hall–Kier alpha value is -3.18. The minimum absolute atomic E-state index is 0.0208. The van der Waals surface area contributed by atoms with Crippen molar-refractivity contribution in [2.24, 2.45) is 0 Å². The average Bonchev–Trinajstić information content (AvgIpc) is 2.72. The van der Waals surface area contributed by atoms with Gasteiger partial charge in [0.05, 0.1) is 17.6 Å². The van der Waals surface area contributed by atoms with Gasteiger partial charge in [0.1, 0.15) is 0 Å². The molecule has 3 aromatic carbocycles. The van der Waals surface area contributed by atoms with E-state index in [9.17, 15) is 15.2 Å². The standard InChI is InChI=1S/C22H21N2O3/c25-17-22(19-7-3-1-4-8-19)23(20-9-5-2-6-10-20)16-15-18-11-13-21(14-12-18)24(26)27/h1-9,11-14,22,25H,15-17H2. The van der Waals surface area contributed by atoms with Crippen LogP contribution in [0.3, 0.4) is 0 Å². The number of nitrogens with zero attached hydrogens (tertiary/aromatic N) is 2. The summed E-state index contributed by atoms with van der Waals surface area (Å²) in [4.78, 5) is 12.5. The number of hydrogen-bond donors (Lipinski definition) is 1. The van der Waals surface area contributed by atoms with Gasteiger partial charge in [0.2, 0.25) is 0 Å². The summed E-state index contributed by atoms with van der Waals surface area (Å²) >= 11 is 0. The number of non-ortho nitro benzene ring substituents is 1. The summed E-state index contributed by atoms with van der Waals surface area (Å²) < 4.78 is 0. The van der Waals surface area contributed by atoms with Crippen molar-refractivity contribution in [1.82, 2.24) is 0 Å². The highest BCUT2D eigenvalue weighted by Gasteiger charge is 2.20. The van der Waals surface area contributed by atoms with Crippen molar-refractivity contribution in [2.45, 2.75) is 12.5 Å². The Morgan fingerprint density at radius 3 is 2.30 bits per heavy atom. The number of nitro groups is 1. The molecule has 0 amide bonds. The molecule has 3 rings (SSSR count). The van der Waals surface area contributed by atoms with Crippen LogP contribution in [0, 0.1) is 16.2 Å². The fourth-order valence-electron chi connectivity index (χ4n) is 3.10. The lowest BCUT2D eigenvalue weighted by Gasteiger charge is -2.33. The van der Waals surface area contributed by atoms with Gasteiger partial charge in [0, 0.05) is 30.4 Å². The van der Waals surface area contributed by atoms with Crippen LogP contribution in [0.2, 0.25) is 0 Å². The van der Waals surface area contributed by atoms with Crippen LogP contribution >= 0.6 is 0 Å². The molecule has 0 saturated heterocycles. The molecule has 1 atom stereocenters. The average molecular weight is 361 g/mol. The van der Waals surface area contributed by atoms with Crippen LogP contribution in [0.4, 0.5) is 11.4 Å². The van der Waals surface area contributed by atoms with E-state index < -0.39 is 4.92 Å². The van der Waals surface area contributed by atoms with Crippen LogP contribution < -0.4 is 4.90 Å². The zero-order chi connectivity index (χ0) is 19.1. The lowest BCUT2D eigenvalue weighted by atomic mass is 10.0. The number of para-hydroxylation sites is 1. The summed E-state index contributed by atoms with van der Waals surface area (Å²) in [6.45, 7) is 0.630. The lowest BCUT2D eigenvalue weighted by Crippen LogP contribution is -2.33. The molecule has 1 N–H and O–H groups in total. The molecule has 0 aliphatic rings. The van der Waals surface area contributed by atoms with E-state index in [2.05, 4.69) is 11.0 Å². The largest absolute Gasteiger partial charge is 0.394 e. The molecule has 5 heteroatoms. The maximum absolute atomic E-state index is 10.8. The van der Waals surface area contributed by atoms with E-state index in [-0.39, 0.29) is 18.3 Å². The van der Waals surface area contributed by atoms with Gasteiger partial charge in [-0.15, -0.1) is 0 Å². The Kier molecular flexibility index (Phi) is 6.18. The van der Waals surface area contributed by atoms with E-state index in [1.54, 1.807) is 12.1 Å². The van der Waals surface area contributed by atoms with E-state index in [0.717, 1.165) is 16.8 Å². The quantitative estimate of drug-likeness (QED) is 0.483. The molecule has 1 radical (unpaired) electrons. The van der Waals surface area contributed by atoms with Crippen molar-refractivity contribution in [3.8, 4) is 0 Å². The summed E-state index contributed by atoms with van der Waals surface area (Å²) in [5, 5.41) is 20.9. The van der Waals surface area contributed by atoms with Gasteiger partial charge in [-0.25, -0.2) is 0 Å². The van der Waals surface area contributed by atoms with Crippen molar-refractivity contribution in [3.63, 3.8) is 0 Å². The second kappa shape index (κ2) is 8.96. The number of benzene rings is 3. The molecule has 5 nitrogen and oxygen atoms in total. The minimum atomic E-state index is -0.397. The van der Waals surface area contributed by atoms with Crippen molar-refractivity contribution in [2.75, 3.05) is 18.1 Å². The predicted octanol–water partition coefficient (Wildman–Crippen LogP) is 4.18. The van der Waals surface area contributed by atoms with E-state index in [1.165, 1.54) is 12.1 Å². The third-order valence-electron chi connectivity index (χ3n) is 4.52. The van der Waals surface area contributed by atoms with Crippen molar-refractivity contribution >= 4 is 11.4 Å². The van der Waals surface area contributed by atoms with Crippen LogP contribution in [0.5, 0.6) is 0 Å². The van der Waals surface area contributed by atoms with Crippen molar-refractivity contribution < 1.29 is 10.0 Å². The molecule has 0 bridgehead atoms. The number of hydrogen-bond acceptors (Lipinski definition) is 4. The Bertz CT molecular complexity index is 852.